The van der Waals surface area contributed by atoms with Gasteiger partial charge in [0, 0.05) is 32.5 Å². The number of carbonyl (C=O) groups is 1. The summed E-state index contributed by atoms with van der Waals surface area (Å²) in [5.74, 6) is 2.29. The monoisotopic (exact) mass is 335 g/mol. The summed E-state index contributed by atoms with van der Waals surface area (Å²) in [5.41, 5.74) is 2.79. The largest absolute Gasteiger partial charge is 0.343 e. The fourth-order valence-electron chi connectivity index (χ4n) is 4.56. The van der Waals surface area contributed by atoms with Crippen LogP contribution in [0.25, 0.3) is 11.3 Å². The Bertz CT molecular complexity index is 783. The molecule has 2 fully saturated rings. The van der Waals surface area contributed by atoms with Gasteiger partial charge in [0.15, 0.2) is 0 Å². The highest BCUT2D eigenvalue weighted by Gasteiger charge is 2.42. The number of aromatic nitrogens is 2. The summed E-state index contributed by atoms with van der Waals surface area (Å²) in [4.78, 5) is 19.2. The number of rotatable bonds is 3. The number of likely N-dealkylation sites (tertiary alicyclic amines) is 1. The predicted molar refractivity (Wildman–Crippen MR) is 97.0 cm³/mol. The van der Waals surface area contributed by atoms with E-state index in [2.05, 4.69) is 39.8 Å². The van der Waals surface area contributed by atoms with E-state index in [0.29, 0.717) is 17.2 Å². The topological polar surface area (TPSA) is 38.1 Å². The first-order valence-electron chi connectivity index (χ1n) is 9.60. The van der Waals surface area contributed by atoms with E-state index in [1.54, 1.807) is 0 Å². The van der Waals surface area contributed by atoms with Gasteiger partial charge < -0.3 is 9.47 Å². The maximum atomic E-state index is 12.4. The summed E-state index contributed by atoms with van der Waals surface area (Å²) in [7, 11) is 0. The summed E-state index contributed by atoms with van der Waals surface area (Å²) in [6, 6.07) is 10.6. The molecule has 3 aliphatic rings. The summed E-state index contributed by atoms with van der Waals surface area (Å²) in [6.07, 6.45) is 8.60. The normalized spacial score (nSPS) is 21.5. The fraction of sp³-hybridized carbons (Fsp3) is 0.524. The molecule has 25 heavy (non-hydrogen) atoms. The molecule has 4 nitrogen and oxygen atoms in total. The van der Waals surface area contributed by atoms with E-state index in [4.69, 9.17) is 4.98 Å². The van der Waals surface area contributed by atoms with Crippen LogP contribution in [0.4, 0.5) is 0 Å². The van der Waals surface area contributed by atoms with Crippen LogP contribution < -0.4 is 0 Å². The third-order valence-corrected chi connectivity index (χ3v) is 6.37. The molecule has 5 rings (SSSR count). The molecule has 1 spiro atoms. The second-order valence-electron chi connectivity index (χ2n) is 8.22. The molecule has 3 heterocycles. The molecular formula is C21H25N3O. The number of hydrogen-bond donors (Lipinski definition) is 0. The maximum absolute atomic E-state index is 12.4. The molecule has 0 N–H and O–H groups in total. The standard InChI is InChI=1S/C21H25N3O/c25-20(12-16-6-7-16)23-10-8-21(9-11-23)13-19-22-14-18(24(19)15-21)17-4-2-1-3-5-17/h1-5,14,16H,6-13,15H2. The Morgan fingerprint density at radius 2 is 1.92 bits per heavy atom. The van der Waals surface area contributed by atoms with Gasteiger partial charge >= 0.3 is 0 Å². The first-order chi connectivity index (χ1) is 12.2. The van der Waals surface area contributed by atoms with E-state index in [1.807, 2.05) is 6.20 Å². The second kappa shape index (κ2) is 5.72. The van der Waals surface area contributed by atoms with Gasteiger partial charge in [0.25, 0.3) is 0 Å². The van der Waals surface area contributed by atoms with Gasteiger partial charge in [0.1, 0.15) is 5.82 Å². The van der Waals surface area contributed by atoms with Crippen molar-refractivity contribution in [1.82, 2.24) is 14.5 Å². The zero-order valence-corrected chi connectivity index (χ0v) is 14.7. The summed E-state index contributed by atoms with van der Waals surface area (Å²) in [6.45, 7) is 2.91. The minimum absolute atomic E-state index is 0.309. The zero-order chi connectivity index (χ0) is 16.9. The molecule has 1 saturated heterocycles. The van der Waals surface area contributed by atoms with Crippen LogP contribution in [0.3, 0.4) is 0 Å². The molecule has 1 aromatic heterocycles. The van der Waals surface area contributed by atoms with Crippen LogP contribution in [0.15, 0.2) is 36.5 Å². The number of piperidine rings is 1. The Kier molecular flexibility index (Phi) is 3.47. The molecule has 2 aromatic rings. The van der Waals surface area contributed by atoms with E-state index in [1.165, 1.54) is 29.9 Å². The highest BCUT2D eigenvalue weighted by molar-refractivity contribution is 5.76. The number of benzene rings is 1. The minimum Gasteiger partial charge on any atom is -0.343 e. The number of hydrogen-bond acceptors (Lipinski definition) is 2. The third-order valence-electron chi connectivity index (χ3n) is 6.37. The van der Waals surface area contributed by atoms with Crippen LogP contribution in [0, 0.1) is 11.3 Å². The summed E-state index contributed by atoms with van der Waals surface area (Å²) < 4.78 is 2.41. The molecule has 0 atom stereocenters. The number of imidazole rings is 1. The van der Waals surface area contributed by atoms with Gasteiger partial charge in [0.2, 0.25) is 5.91 Å². The van der Waals surface area contributed by atoms with E-state index in [0.717, 1.165) is 45.3 Å². The van der Waals surface area contributed by atoms with Gasteiger partial charge in [-0.1, -0.05) is 30.3 Å². The smallest absolute Gasteiger partial charge is 0.222 e. The highest BCUT2D eigenvalue weighted by atomic mass is 16.2. The molecule has 0 bridgehead atoms. The summed E-state index contributed by atoms with van der Waals surface area (Å²) >= 11 is 0. The van der Waals surface area contributed by atoms with Crippen molar-refractivity contribution in [2.24, 2.45) is 11.3 Å². The summed E-state index contributed by atoms with van der Waals surface area (Å²) in [5, 5.41) is 0. The molecule has 130 valence electrons. The Morgan fingerprint density at radius 3 is 2.64 bits per heavy atom. The Labute approximate surface area is 148 Å². The molecular weight excluding hydrogens is 310 g/mol. The molecule has 1 amide bonds. The Balaban J connectivity index is 1.29. The number of fused-ring (bicyclic) bond motifs is 1. The predicted octanol–water partition coefficient (Wildman–Crippen LogP) is 3.52. The maximum Gasteiger partial charge on any atom is 0.222 e. The molecule has 0 unspecified atom stereocenters. The number of nitrogens with zero attached hydrogens (tertiary/aromatic N) is 3. The van der Waals surface area contributed by atoms with Crippen molar-refractivity contribution in [2.75, 3.05) is 13.1 Å². The van der Waals surface area contributed by atoms with Gasteiger partial charge in [-0.2, -0.15) is 0 Å². The van der Waals surface area contributed by atoms with Crippen molar-refractivity contribution in [3.05, 3.63) is 42.4 Å². The van der Waals surface area contributed by atoms with Gasteiger partial charge in [0.05, 0.1) is 11.9 Å². The van der Waals surface area contributed by atoms with Gasteiger partial charge in [-0.15, -0.1) is 0 Å². The average Bonchev–Trinajstić information content (AvgIpc) is 3.27. The van der Waals surface area contributed by atoms with Gasteiger partial charge in [-0.05, 0) is 42.6 Å². The van der Waals surface area contributed by atoms with Crippen LogP contribution in [0.1, 0.15) is 37.9 Å². The first-order valence-corrected chi connectivity index (χ1v) is 9.60. The van der Waals surface area contributed by atoms with Crippen LogP contribution in [0.2, 0.25) is 0 Å². The Hall–Kier alpha value is -2.10. The lowest BCUT2D eigenvalue weighted by atomic mass is 9.77. The van der Waals surface area contributed by atoms with E-state index in [9.17, 15) is 4.79 Å². The van der Waals surface area contributed by atoms with Crippen LogP contribution >= 0.6 is 0 Å². The average molecular weight is 335 g/mol. The van der Waals surface area contributed by atoms with E-state index >= 15 is 0 Å². The van der Waals surface area contributed by atoms with Gasteiger partial charge in [-0.25, -0.2) is 4.98 Å². The molecule has 1 aromatic carbocycles. The SMILES string of the molecule is O=C(CC1CC1)N1CCC2(CC1)Cc1ncc(-c3ccccc3)n1C2. The van der Waals surface area contributed by atoms with Crippen molar-refractivity contribution in [2.45, 2.75) is 45.1 Å². The van der Waals surface area contributed by atoms with Crippen molar-refractivity contribution < 1.29 is 4.79 Å². The molecule has 2 aliphatic heterocycles. The molecule has 0 radical (unpaired) electrons. The van der Waals surface area contributed by atoms with Crippen LogP contribution in [0.5, 0.6) is 0 Å². The minimum atomic E-state index is 0.309. The van der Waals surface area contributed by atoms with Crippen molar-refractivity contribution in [3.63, 3.8) is 0 Å². The lowest BCUT2D eigenvalue weighted by molar-refractivity contribution is -0.133. The van der Waals surface area contributed by atoms with Crippen molar-refractivity contribution in [1.29, 1.82) is 0 Å². The molecule has 4 heteroatoms. The van der Waals surface area contributed by atoms with Crippen LogP contribution in [-0.2, 0) is 17.8 Å². The Morgan fingerprint density at radius 1 is 1.16 bits per heavy atom. The lowest BCUT2D eigenvalue weighted by Crippen LogP contribution is -2.44. The first kappa shape index (κ1) is 15.2. The molecule has 1 aliphatic carbocycles. The van der Waals surface area contributed by atoms with E-state index < -0.39 is 0 Å². The van der Waals surface area contributed by atoms with Crippen molar-refractivity contribution in [3.8, 4) is 11.3 Å². The fourth-order valence-corrected chi connectivity index (χ4v) is 4.56. The van der Waals surface area contributed by atoms with Crippen molar-refractivity contribution >= 4 is 5.91 Å². The quantitative estimate of drug-likeness (QED) is 0.861. The zero-order valence-electron chi connectivity index (χ0n) is 14.7. The van der Waals surface area contributed by atoms with Crippen LogP contribution in [-0.4, -0.2) is 33.4 Å². The third kappa shape index (κ3) is 2.78. The highest BCUT2D eigenvalue weighted by Crippen LogP contribution is 2.43. The van der Waals surface area contributed by atoms with Gasteiger partial charge in [-0.3, -0.25) is 4.79 Å². The second-order valence-corrected chi connectivity index (χ2v) is 8.22. The lowest BCUT2D eigenvalue weighted by Gasteiger charge is -2.39. The van der Waals surface area contributed by atoms with E-state index in [-0.39, 0.29) is 0 Å². The number of amides is 1. The number of carbonyl (C=O) groups excluding carboxylic acids is 1. The molecule has 1 saturated carbocycles.